The van der Waals surface area contributed by atoms with Crippen molar-refractivity contribution < 1.29 is 88.3 Å². The van der Waals surface area contributed by atoms with Crippen LogP contribution in [0.15, 0.2) is 60.7 Å². The van der Waals surface area contributed by atoms with Crippen molar-refractivity contribution in [2.24, 2.45) is 5.73 Å². The van der Waals surface area contributed by atoms with E-state index in [9.17, 15) is 23.3 Å². The van der Waals surface area contributed by atoms with E-state index in [1.807, 2.05) is 116 Å². The van der Waals surface area contributed by atoms with E-state index in [1.165, 1.54) is 19.6 Å². The van der Waals surface area contributed by atoms with E-state index in [0.29, 0.717) is 110 Å². The Morgan fingerprint density at radius 1 is 0.441 bits per heavy atom. The summed E-state index contributed by atoms with van der Waals surface area (Å²) in [7, 11) is -8.89. The Kier molecular flexibility index (Phi) is 76.5. The lowest BCUT2D eigenvalue weighted by molar-refractivity contribution is -0.140. The smallest absolute Gasteiger partial charge is 0.410 e. The van der Waals surface area contributed by atoms with Crippen molar-refractivity contribution in [3.05, 3.63) is 71.8 Å². The van der Waals surface area contributed by atoms with Crippen LogP contribution in [-0.4, -0.2) is 183 Å². The highest BCUT2D eigenvalue weighted by Crippen LogP contribution is 2.49. The number of amides is 1. The average Bonchev–Trinajstić information content (AvgIpc) is 3.35. The van der Waals surface area contributed by atoms with Crippen molar-refractivity contribution in [2.45, 2.75) is 201 Å². The summed E-state index contributed by atoms with van der Waals surface area (Å²) in [4.78, 5) is 26.8. The number of hydrogen-bond donors (Lipinski definition) is 1. The van der Waals surface area contributed by atoms with E-state index < -0.39 is 34.3 Å². The summed E-state index contributed by atoms with van der Waals surface area (Å²) in [6.07, 6.45) is 8.23. The van der Waals surface area contributed by atoms with Crippen LogP contribution in [-0.2, 0) is 91.9 Å². The minimum Gasteiger partial charge on any atom is -0.449 e. The number of carbonyl (C=O) groups is 2. The Morgan fingerprint density at radius 2 is 0.774 bits per heavy atom. The molecule has 2 aromatic carbocycles. The topological polar surface area (TPSA) is 247 Å². The zero-order valence-electron chi connectivity index (χ0n) is 59.2. The lowest BCUT2D eigenvalue weighted by Gasteiger charge is -2.25. The normalized spacial score (nSPS) is 11.2. The van der Waals surface area contributed by atoms with Crippen LogP contribution < -0.4 is 5.73 Å². The summed E-state index contributed by atoms with van der Waals surface area (Å²) in [6.45, 7) is 40.6. The van der Waals surface area contributed by atoms with Crippen LogP contribution in [0.4, 0.5) is 9.59 Å². The Balaban J connectivity index is -0.000000360. The van der Waals surface area contributed by atoms with Crippen LogP contribution >= 0.6 is 50.3 Å². The van der Waals surface area contributed by atoms with Gasteiger partial charge in [0.15, 0.2) is 18.9 Å². The van der Waals surface area contributed by atoms with Gasteiger partial charge in [-0.25, -0.2) is 9.59 Å². The molecule has 0 heterocycles. The largest absolute Gasteiger partial charge is 0.449 e. The Bertz CT molecular complexity index is 1990. The van der Waals surface area contributed by atoms with Gasteiger partial charge in [0.1, 0.15) is 13.2 Å². The van der Waals surface area contributed by atoms with Gasteiger partial charge in [0.2, 0.25) is 0 Å². The molecule has 0 saturated carbocycles. The molecule has 0 saturated heterocycles. The number of nitrogens with two attached hydrogens (primary N) is 1. The molecule has 0 fully saturated rings. The fourth-order valence-corrected chi connectivity index (χ4v) is 14.0. The lowest BCUT2D eigenvalue weighted by atomic mass is 10.1. The predicted octanol–water partition coefficient (Wildman–Crippen LogP) is 18.0. The van der Waals surface area contributed by atoms with Gasteiger partial charge < -0.3 is 80.6 Å². The van der Waals surface area contributed by atoms with Crippen molar-refractivity contribution in [1.29, 1.82) is 0 Å². The van der Waals surface area contributed by atoms with Gasteiger partial charge in [-0.2, -0.15) is 0 Å². The molecule has 27 heteroatoms. The molecule has 0 bridgehead atoms. The molecule has 2 rings (SSSR count). The van der Waals surface area contributed by atoms with Gasteiger partial charge in [-0.05, 0) is 159 Å². The van der Waals surface area contributed by atoms with Gasteiger partial charge >= 0.3 is 34.3 Å². The van der Waals surface area contributed by atoms with E-state index in [0.717, 1.165) is 56.1 Å². The molecule has 93 heavy (non-hydrogen) atoms. The third-order valence-electron chi connectivity index (χ3n) is 12.2. The highest BCUT2D eigenvalue weighted by atomic mass is 79.9. The maximum absolute atomic E-state index is 12.8. The standard InChI is InChI=1S/C22H38NO7P.C15H33O5P.C8H7ClO2.C8H19NO2.C6H14BrO3P.C6H15N.CH4/c1-5-26-21(27-6-2)15-12-16-23(17-18-31(25,29-7-3)30-8-4)22(24)28-19-20-13-10-9-11-14-20;1-5-17-15(18-6-2)13-11-9-10-12-14-21(16,19-7-3)20-8-4;9-8(10)11-6-7-4-2-1-3-5-7;1-3-10-8(11-4-2)6-5-7-9;1-3-9-11(8,6-5-7)10-4-2;1-4-7(5-2)6-3;/h9-11,13-14,21H,5-8,12,15-19H2,1-4H3;15H,5-14H2,1-4H3;1-5H,6H2;8H,3-7,9H2,1-2H3;3-6H2,1-2H3;4-6H2,1-3H3;1H4. The number of ether oxygens (including phenoxy) is 8. The van der Waals surface area contributed by atoms with Gasteiger partial charge in [0.05, 0.1) is 58.1 Å². The molecule has 552 valence electrons. The fourth-order valence-electron chi connectivity index (χ4n) is 7.98. The molecule has 0 radical (unpaired) electrons. The third-order valence-corrected chi connectivity index (χ3v) is 19.6. The number of carbonyl (C=O) groups excluding carboxylic acids is 2. The van der Waals surface area contributed by atoms with Crippen LogP contribution in [0.25, 0.3) is 0 Å². The second kappa shape index (κ2) is 71.4. The Labute approximate surface area is 578 Å². The minimum absolute atomic E-state index is 0. The molecule has 2 N–H and O–H groups in total. The summed E-state index contributed by atoms with van der Waals surface area (Å²) >= 11 is 8.16. The molecular formula is C66H130BrClN3O19P3. The summed E-state index contributed by atoms with van der Waals surface area (Å²) in [6, 6.07) is 18.8. The molecule has 0 aliphatic rings. The van der Waals surface area contributed by atoms with Crippen molar-refractivity contribution in [1.82, 2.24) is 9.80 Å². The number of alkyl halides is 1. The highest BCUT2D eigenvalue weighted by molar-refractivity contribution is 9.09. The van der Waals surface area contributed by atoms with Crippen LogP contribution in [0.3, 0.4) is 0 Å². The van der Waals surface area contributed by atoms with Crippen LogP contribution in [0.1, 0.15) is 180 Å². The molecule has 0 atom stereocenters. The summed E-state index contributed by atoms with van der Waals surface area (Å²) in [5.41, 5.74) is 6.42. The zero-order valence-corrected chi connectivity index (χ0v) is 64.2. The van der Waals surface area contributed by atoms with Crippen molar-refractivity contribution in [2.75, 3.05) is 142 Å². The molecular weight excluding hydrogens is 1350 g/mol. The molecule has 0 aliphatic carbocycles. The molecule has 1 amide bonds. The number of nitrogens with zero attached hydrogens (tertiary/aromatic N) is 2. The van der Waals surface area contributed by atoms with Gasteiger partial charge in [-0.1, -0.05) is 118 Å². The number of benzene rings is 2. The predicted molar refractivity (Wildman–Crippen MR) is 384 cm³/mol. The van der Waals surface area contributed by atoms with E-state index in [2.05, 4.69) is 46.3 Å². The number of unbranched alkanes of at least 4 members (excludes halogenated alkanes) is 3. The van der Waals surface area contributed by atoms with E-state index in [4.69, 9.17) is 77.6 Å². The first kappa shape index (κ1) is 99.7. The molecule has 22 nitrogen and oxygen atoms in total. The highest BCUT2D eigenvalue weighted by Gasteiger charge is 2.27. The number of rotatable bonds is 50. The molecule has 0 unspecified atom stereocenters. The first-order chi connectivity index (χ1) is 44.2. The maximum atomic E-state index is 12.8. The van der Waals surface area contributed by atoms with Gasteiger partial charge in [0.25, 0.3) is 0 Å². The molecule has 2 aromatic rings. The monoisotopic (exact) mass is 1480 g/mol. The van der Waals surface area contributed by atoms with Crippen molar-refractivity contribution in [3.8, 4) is 0 Å². The fraction of sp³-hybridized carbons (Fsp3) is 0.788. The first-order valence-corrected chi connectivity index (χ1v) is 40.1. The molecule has 0 aromatic heterocycles. The average molecular weight is 1480 g/mol. The van der Waals surface area contributed by atoms with Crippen molar-refractivity contribution in [3.63, 3.8) is 0 Å². The summed E-state index contributed by atoms with van der Waals surface area (Å²) in [5.74, 6) is 0. The second-order valence-electron chi connectivity index (χ2n) is 19.2. The van der Waals surface area contributed by atoms with Crippen LogP contribution in [0, 0.1) is 0 Å². The van der Waals surface area contributed by atoms with E-state index in [-0.39, 0.29) is 65.4 Å². The first-order valence-electron chi connectivity index (χ1n) is 33.4. The van der Waals surface area contributed by atoms with Gasteiger partial charge in [-0.3, -0.25) is 13.7 Å². The second-order valence-corrected chi connectivity index (χ2v) is 26.8. The molecule has 0 spiro atoms. The Morgan fingerprint density at radius 3 is 1.10 bits per heavy atom. The van der Waals surface area contributed by atoms with Crippen LogP contribution in [0.5, 0.6) is 0 Å². The van der Waals surface area contributed by atoms with Crippen LogP contribution in [0.2, 0.25) is 0 Å². The maximum Gasteiger partial charge on any atom is 0.410 e. The molecule has 0 aliphatic heterocycles. The minimum atomic E-state index is -3.26. The van der Waals surface area contributed by atoms with Gasteiger partial charge in [-0.15, -0.1) is 0 Å². The number of hydrogen-bond acceptors (Lipinski definition) is 21. The van der Waals surface area contributed by atoms with Gasteiger partial charge in [0, 0.05) is 76.1 Å². The Hall–Kier alpha value is -1.92. The third kappa shape index (κ3) is 62.1. The number of halogens is 2. The van der Waals surface area contributed by atoms with E-state index >= 15 is 0 Å². The van der Waals surface area contributed by atoms with Crippen molar-refractivity contribution >= 4 is 61.8 Å². The summed E-state index contributed by atoms with van der Waals surface area (Å²) in [5, 5.41) is 0.643. The lowest BCUT2D eigenvalue weighted by Crippen LogP contribution is -2.35. The quantitative estimate of drug-likeness (QED) is 0.0213. The van der Waals surface area contributed by atoms with E-state index in [1.54, 1.807) is 32.6 Å². The SMILES string of the molecule is C.CCN(CC)CC.CCOC(CCCCCCP(=O)(OCC)OCC)OCC.CCOC(CCCN(CCP(=O)(OCC)OCC)C(=O)OCc1ccccc1)OCC.CCOC(CCCN)OCC.CCOP(=O)(CCBr)OCC.O=C(Cl)OCc1ccccc1. The summed E-state index contributed by atoms with van der Waals surface area (Å²) < 4.78 is 111. The zero-order chi connectivity index (χ0) is 70.0.